The molecule has 11 heteroatoms. The number of aromatic amines is 1. The van der Waals surface area contributed by atoms with E-state index in [-0.39, 0.29) is 5.82 Å². The van der Waals surface area contributed by atoms with E-state index in [1.807, 2.05) is 0 Å². The maximum Gasteiger partial charge on any atom is 0.419 e. The molecule has 3 N–H and O–H groups in total. The van der Waals surface area contributed by atoms with Crippen molar-refractivity contribution >= 4 is 27.5 Å². The minimum atomic E-state index is -5.19. The number of likely N-dealkylation sites (N-methyl/N-ethyl adjacent to an activating group) is 1. The molecule has 0 saturated carbocycles. The second-order valence-electron chi connectivity index (χ2n) is 6.12. The monoisotopic (exact) mass is 414 g/mol. The van der Waals surface area contributed by atoms with Gasteiger partial charge >= 0.3 is 6.18 Å². The first kappa shape index (κ1) is 20.0. The summed E-state index contributed by atoms with van der Waals surface area (Å²) in [6.07, 6.45) is -5.19. The Morgan fingerprint density at radius 2 is 2.04 bits per heavy atom. The number of rotatable bonds is 4. The van der Waals surface area contributed by atoms with Crippen LogP contribution in [0.4, 0.5) is 17.6 Å². The first-order valence-corrected chi connectivity index (χ1v) is 8.75. The highest BCUT2D eigenvalue weighted by molar-refractivity contribution is 7.17. The lowest BCUT2D eigenvalue weighted by Crippen LogP contribution is -2.60. The molecule has 28 heavy (non-hydrogen) atoms. The van der Waals surface area contributed by atoms with Crippen LogP contribution in [0.25, 0.3) is 10.2 Å². The summed E-state index contributed by atoms with van der Waals surface area (Å²) in [6.45, 7) is -0.426. The van der Waals surface area contributed by atoms with Crippen LogP contribution < -0.4 is 11.3 Å². The zero-order valence-corrected chi connectivity index (χ0v) is 15.2. The summed E-state index contributed by atoms with van der Waals surface area (Å²) in [6, 6.07) is 5.06. The summed E-state index contributed by atoms with van der Waals surface area (Å²) in [5.41, 5.74) is 1.21. The van der Waals surface area contributed by atoms with E-state index in [9.17, 15) is 27.2 Å². The molecule has 1 amide bonds. The molecule has 0 radical (unpaired) electrons. The fraction of sp³-hybridized carbons (Fsp3) is 0.235. The molecule has 2 heterocycles. The molecule has 0 aliphatic carbocycles. The topological polar surface area (TPSA) is 92.1 Å². The molecular weight excluding hydrogens is 400 g/mol. The van der Waals surface area contributed by atoms with Gasteiger partial charge in [0.1, 0.15) is 16.3 Å². The highest BCUT2D eigenvalue weighted by Gasteiger charge is 2.60. The van der Waals surface area contributed by atoms with Crippen LogP contribution in [0, 0.1) is 5.82 Å². The van der Waals surface area contributed by atoms with Crippen molar-refractivity contribution in [1.29, 1.82) is 0 Å². The van der Waals surface area contributed by atoms with Crippen molar-refractivity contribution in [3.05, 3.63) is 63.3 Å². The molecule has 3 rings (SSSR count). The molecule has 0 fully saturated rings. The van der Waals surface area contributed by atoms with E-state index in [1.54, 1.807) is 11.4 Å². The van der Waals surface area contributed by atoms with Gasteiger partial charge in [0.25, 0.3) is 11.5 Å². The Hall–Kier alpha value is -2.79. The number of thiophene rings is 1. The van der Waals surface area contributed by atoms with E-state index in [0.29, 0.717) is 21.2 Å². The first-order chi connectivity index (χ1) is 13.0. The minimum Gasteiger partial charge on any atom is -0.336 e. The third-order valence-corrected chi connectivity index (χ3v) is 5.06. The number of H-pyrrole nitrogens is 1. The molecule has 148 valence electrons. The summed E-state index contributed by atoms with van der Waals surface area (Å²) in [5, 5.41) is 1.64. The van der Waals surface area contributed by atoms with E-state index in [1.165, 1.54) is 0 Å². The Morgan fingerprint density at radius 1 is 1.32 bits per heavy atom. The summed E-state index contributed by atoms with van der Waals surface area (Å²) in [7, 11) is 1.09. The summed E-state index contributed by atoms with van der Waals surface area (Å²) >= 11 is 1.16. The number of halogens is 4. The lowest BCUT2D eigenvalue weighted by atomic mass is 9.88. The third kappa shape index (κ3) is 3.38. The van der Waals surface area contributed by atoms with Crippen molar-refractivity contribution in [3.63, 3.8) is 0 Å². The number of nitrogens with one attached hydrogen (secondary N) is 1. The van der Waals surface area contributed by atoms with Crippen molar-refractivity contribution in [2.45, 2.75) is 18.3 Å². The van der Waals surface area contributed by atoms with Gasteiger partial charge in [-0.25, -0.2) is 9.37 Å². The Morgan fingerprint density at radius 3 is 2.68 bits per heavy atom. The Bertz CT molecular complexity index is 1090. The van der Waals surface area contributed by atoms with Crippen molar-refractivity contribution in [1.82, 2.24) is 14.9 Å². The number of alkyl halides is 3. The normalized spacial score (nSPS) is 14.1. The van der Waals surface area contributed by atoms with Gasteiger partial charge in [-0.1, -0.05) is 12.1 Å². The fourth-order valence-corrected chi connectivity index (χ4v) is 3.46. The van der Waals surface area contributed by atoms with Gasteiger partial charge in [0, 0.05) is 7.05 Å². The van der Waals surface area contributed by atoms with E-state index in [4.69, 9.17) is 5.73 Å². The van der Waals surface area contributed by atoms with Crippen LogP contribution in [-0.2, 0) is 16.9 Å². The van der Waals surface area contributed by atoms with Crippen molar-refractivity contribution in [3.8, 4) is 0 Å². The Balaban J connectivity index is 1.97. The number of nitrogens with zero attached hydrogens (tertiary/aromatic N) is 2. The third-order valence-electron chi connectivity index (χ3n) is 4.16. The van der Waals surface area contributed by atoms with Gasteiger partial charge < -0.3 is 15.6 Å². The fourth-order valence-electron chi connectivity index (χ4n) is 2.74. The number of amides is 1. The maximum absolute atomic E-state index is 13.7. The number of nitrogens with two attached hydrogens (primary N) is 1. The number of hydrogen-bond donors (Lipinski definition) is 2. The first-order valence-electron chi connectivity index (χ1n) is 7.87. The lowest BCUT2D eigenvalue weighted by Gasteiger charge is -2.34. The minimum absolute atomic E-state index is 0.00415. The van der Waals surface area contributed by atoms with Gasteiger partial charge in [-0.05, 0) is 29.1 Å². The maximum atomic E-state index is 13.7. The molecule has 1 unspecified atom stereocenters. The zero-order valence-electron chi connectivity index (χ0n) is 14.4. The van der Waals surface area contributed by atoms with Crippen LogP contribution in [0.15, 0.2) is 40.5 Å². The number of hydrogen-bond acceptors (Lipinski definition) is 5. The van der Waals surface area contributed by atoms with Gasteiger partial charge in [-0.3, -0.25) is 9.59 Å². The predicted octanol–water partition coefficient (Wildman–Crippen LogP) is 2.50. The van der Waals surface area contributed by atoms with E-state index < -0.39 is 41.1 Å². The average Bonchev–Trinajstić information content (AvgIpc) is 3.08. The number of benzene rings is 1. The molecule has 6 nitrogen and oxygen atoms in total. The Labute approximate surface area is 159 Å². The lowest BCUT2D eigenvalue weighted by molar-refractivity contribution is -0.200. The van der Waals surface area contributed by atoms with Crippen molar-refractivity contribution in [2.24, 2.45) is 5.73 Å². The number of carbonyl (C=O) groups excluding carboxylic acids is 1. The summed E-state index contributed by atoms with van der Waals surface area (Å²) < 4.78 is 55.0. The molecule has 1 aromatic carbocycles. The number of aromatic nitrogens is 2. The Kier molecular flexibility index (Phi) is 4.98. The highest BCUT2D eigenvalue weighted by Crippen LogP contribution is 2.38. The average molecular weight is 414 g/mol. The molecule has 0 bridgehead atoms. The summed E-state index contributed by atoms with van der Waals surface area (Å²) in [5.74, 6) is -2.48. The molecule has 0 aliphatic heterocycles. The highest BCUT2D eigenvalue weighted by atomic mass is 32.1. The second-order valence-corrected chi connectivity index (χ2v) is 7.04. The predicted molar refractivity (Wildman–Crippen MR) is 95.0 cm³/mol. The quantitative estimate of drug-likeness (QED) is 0.642. The number of carbonyl (C=O) groups is 1. The molecule has 0 saturated heterocycles. The molecular formula is C17H14F4N4O2S. The SMILES string of the molecule is CN(Cc1nc2ccsc2c(=O)[nH]1)C(=O)C(N)(c1cccc(F)c1)C(F)(F)F. The van der Waals surface area contributed by atoms with Crippen LogP contribution in [0.2, 0.25) is 0 Å². The van der Waals surface area contributed by atoms with Crippen molar-refractivity contribution in [2.75, 3.05) is 7.05 Å². The van der Waals surface area contributed by atoms with Gasteiger partial charge in [0.15, 0.2) is 0 Å². The van der Waals surface area contributed by atoms with E-state index >= 15 is 0 Å². The van der Waals surface area contributed by atoms with Crippen LogP contribution in [0.3, 0.4) is 0 Å². The van der Waals surface area contributed by atoms with Gasteiger partial charge in [-0.2, -0.15) is 13.2 Å². The largest absolute Gasteiger partial charge is 0.419 e. The van der Waals surface area contributed by atoms with Crippen LogP contribution in [0.1, 0.15) is 11.4 Å². The molecule has 3 aromatic rings. The van der Waals surface area contributed by atoms with Gasteiger partial charge in [0.2, 0.25) is 5.54 Å². The standard InChI is InChI=1S/C17H14F4N4O2S/c1-25(8-12-23-11-5-6-28-13(11)14(26)24-12)15(27)16(22,17(19,20)21)9-3-2-4-10(18)7-9/h2-7H,8,22H2,1H3,(H,23,24,26). The zero-order chi connectivity index (χ0) is 20.7. The van der Waals surface area contributed by atoms with Crippen LogP contribution in [-0.4, -0.2) is 34.0 Å². The molecule has 0 aliphatic rings. The van der Waals surface area contributed by atoms with E-state index in [2.05, 4.69) is 9.97 Å². The molecule has 1 atom stereocenters. The second kappa shape index (κ2) is 6.99. The van der Waals surface area contributed by atoms with Crippen LogP contribution >= 0.6 is 11.3 Å². The van der Waals surface area contributed by atoms with Crippen LogP contribution in [0.5, 0.6) is 0 Å². The summed E-state index contributed by atoms with van der Waals surface area (Å²) in [4.78, 5) is 31.9. The smallest absolute Gasteiger partial charge is 0.336 e. The molecule has 2 aromatic heterocycles. The van der Waals surface area contributed by atoms with Gasteiger partial charge in [0.05, 0.1) is 12.1 Å². The van der Waals surface area contributed by atoms with Gasteiger partial charge in [-0.15, -0.1) is 11.3 Å². The van der Waals surface area contributed by atoms with E-state index in [0.717, 1.165) is 36.6 Å². The number of fused-ring (bicyclic) bond motifs is 1. The van der Waals surface area contributed by atoms with Crippen molar-refractivity contribution < 1.29 is 22.4 Å². The molecule has 0 spiro atoms.